The summed E-state index contributed by atoms with van der Waals surface area (Å²) >= 11 is 6.01. The Kier molecular flexibility index (Phi) is 4.21. The number of fused-ring (bicyclic) bond motifs is 1. The number of oxazole rings is 1. The minimum Gasteiger partial charge on any atom is -0.408 e. The van der Waals surface area contributed by atoms with E-state index in [0.717, 1.165) is 11.1 Å². The van der Waals surface area contributed by atoms with E-state index in [1.165, 1.54) is 4.57 Å². The molecular weight excluding hydrogens is 316 g/mol. The summed E-state index contributed by atoms with van der Waals surface area (Å²) in [7, 11) is 1.65. The largest absolute Gasteiger partial charge is 0.419 e. The molecule has 1 N–H and O–H groups in total. The van der Waals surface area contributed by atoms with E-state index in [-0.39, 0.29) is 5.91 Å². The Labute approximate surface area is 137 Å². The van der Waals surface area contributed by atoms with Crippen molar-refractivity contribution in [2.24, 2.45) is 7.05 Å². The molecule has 1 heterocycles. The Bertz CT molecular complexity index is 927. The van der Waals surface area contributed by atoms with E-state index in [1.54, 1.807) is 25.2 Å². The molecule has 3 aromatic rings. The molecule has 0 radical (unpaired) electrons. The van der Waals surface area contributed by atoms with Crippen LogP contribution in [0.2, 0.25) is 5.02 Å². The average Bonchev–Trinajstić information content (AvgIpc) is 2.82. The van der Waals surface area contributed by atoms with Crippen LogP contribution in [0.4, 0.5) is 5.69 Å². The van der Waals surface area contributed by atoms with Crippen molar-refractivity contribution in [3.8, 4) is 0 Å². The highest BCUT2D eigenvalue weighted by Gasteiger charge is 2.09. The van der Waals surface area contributed by atoms with Crippen LogP contribution in [-0.2, 0) is 18.3 Å². The van der Waals surface area contributed by atoms with Gasteiger partial charge in [-0.2, -0.15) is 0 Å². The van der Waals surface area contributed by atoms with Gasteiger partial charge in [-0.1, -0.05) is 29.8 Å². The van der Waals surface area contributed by atoms with Crippen LogP contribution < -0.4 is 11.1 Å². The maximum absolute atomic E-state index is 12.0. The van der Waals surface area contributed by atoms with Crippen molar-refractivity contribution in [1.29, 1.82) is 0 Å². The molecule has 1 aromatic heterocycles. The summed E-state index contributed by atoms with van der Waals surface area (Å²) in [5.41, 5.74) is 2.83. The SMILES string of the molecule is Cn1c(=O)oc2ccc(CCC(=O)Nc3ccccc3Cl)cc21. The molecule has 5 nitrogen and oxygen atoms in total. The van der Waals surface area contributed by atoms with Gasteiger partial charge in [-0.05, 0) is 36.2 Å². The topological polar surface area (TPSA) is 64.2 Å². The van der Waals surface area contributed by atoms with Gasteiger partial charge in [0.15, 0.2) is 5.58 Å². The highest BCUT2D eigenvalue weighted by Crippen LogP contribution is 2.21. The molecule has 1 amide bonds. The third-order valence-corrected chi connectivity index (χ3v) is 3.97. The predicted molar refractivity (Wildman–Crippen MR) is 89.9 cm³/mol. The molecule has 23 heavy (non-hydrogen) atoms. The van der Waals surface area contributed by atoms with E-state index >= 15 is 0 Å². The van der Waals surface area contributed by atoms with E-state index in [2.05, 4.69) is 5.32 Å². The number of nitrogens with one attached hydrogen (secondary N) is 1. The molecular formula is C17H15ClN2O3. The highest BCUT2D eigenvalue weighted by molar-refractivity contribution is 6.33. The molecule has 0 atom stereocenters. The molecule has 0 aliphatic heterocycles. The lowest BCUT2D eigenvalue weighted by Crippen LogP contribution is -2.12. The van der Waals surface area contributed by atoms with Crippen LogP contribution in [-0.4, -0.2) is 10.5 Å². The first-order valence-electron chi connectivity index (χ1n) is 7.17. The van der Waals surface area contributed by atoms with E-state index in [0.29, 0.717) is 29.1 Å². The second-order valence-electron chi connectivity index (χ2n) is 5.26. The van der Waals surface area contributed by atoms with Crippen molar-refractivity contribution in [2.75, 3.05) is 5.32 Å². The molecule has 0 aliphatic rings. The summed E-state index contributed by atoms with van der Waals surface area (Å²) in [6, 6.07) is 12.6. The Balaban J connectivity index is 1.68. The normalized spacial score (nSPS) is 10.9. The van der Waals surface area contributed by atoms with Gasteiger partial charge in [-0.15, -0.1) is 0 Å². The van der Waals surface area contributed by atoms with E-state index in [1.807, 2.05) is 24.3 Å². The molecule has 6 heteroatoms. The standard InChI is InChI=1S/C17H15ClN2O3/c1-20-14-10-11(6-8-15(14)23-17(20)22)7-9-16(21)19-13-5-3-2-4-12(13)18/h2-6,8,10H,7,9H2,1H3,(H,19,21). The monoisotopic (exact) mass is 330 g/mol. The van der Waals surface area contributed by atoms with Crippen LogP contribution in [0.3, 0.4) is 0 Å². The van der Waals surface area contributed by atoms with Gasteiger partial charge in [0.25, 0.3) is 0 Å². The summed E-state index contributed by atoms with van der Waals surface area (Å²) in [6.45, 7) is 0. The van der Waals surface area contributed by atoms with Gasteiger partial charge in [0.2, 0.25) is 5.91 Å². The fourth-order valence-corrected chi connectivity index (χ4v) is 2.54. The van der Waals surface area contributed by atoms with Crippen LogP contribution in [0.1, 0.15) is 12.0 Å². The summed E-state index contributed by atoms with van der Waals surface area (Å²) in [5.74, 6) is -0.507. The number of carbonyl (C=O) groups excluding carboxylic acids is 1. The minimum atomic E-state index is -0.395. The quantitative estimate of drug-likeness (QED) is 0.797. The maximum Gasteiger partial charge on any atom is 0.419 e. The molecule has 0 bridgehead atoms. The van der Waals surface area contributed by atoms with Gasteiger partial charge < -0.3 is 9.73 Å². The van der Waals surface area contributed by atoms with Crippen LogP contribution in [0.25, 0.3) is 11.1 Å². The van der Waals surface area contributed by atoms with Crippen molar-refractivity contribution in [1.82, 2.24) is 4.57 Å². The van der Waals surface area contributed by atoms with Crippen molar-refractivity contribution < 1.29 is 9.21 Å². The minimum absolute atomic E-state index is 0.112. The first kappa shape index (κ1) is 15.4. The number of aryl methyl sites for hydroxylation is 2. The number of aromatic nitrogens is 1. The second kappa shape index (κ2) is 6.30. The van der Waals surface area contributed by atoms with Gasteiger partial charge in [0.05, 0.1) is 16.2 Å². The molecule has 0 saturated heterocycles. The van der Waals surface area contributed by atoms with Crippen molar-refractivity contribution >= 4 is 34.3 Å². The van der Waals surface area contributed by atoms with Gasteiger partial charge in [-0.3, -0.25) is 9.36 Å². The summed E-state index contributed by atoms with van der Waals surface area (Å²) in [4.78, 5) is 23.5. The average molecular weight is 331 g/mol. The van der Waals surface area contributed by atoms with Crippen molar-refractivity contribution in [3.05, 3.63) is 63.6 Å². The molecule has 0 saturated carbocycles. The first-order valence-corrected chi connectivity index (χ1v) is 7.55. The van der Waals surface area contributed by atoms with E-state index < -0.39 is 5.76 Å². The molecule has 3 rings (SSSR count). The molecule has 0 aliphatic carbocycles. The van der Waals surface area contributed by atoms with E-state index in [4.69, 9.17) is 16.0 Å². The fraction of sp³-hybridized carbons (Fsp3) is 0.176. The zero-order valence-corrected chi connectivity index (χ0v) is 13.3. The van der Waals surface area contributed by atoms with Gasteiger partial charge in [0, 0.05) is 13.5 Å². The summed E-state index contributed by atoms with van der Waals surface area (Å²) in [6.07, 6.45) is 0.883. The van der Waals surface area contributed by atoms with Crippen LogP contribution in [0.15, 0.2) is 51.7 Å². The third-order valence-electron chi connectivity index (χ3n) is 3.64. The zero-order chi connectivity index (χ0) is 16.4. The number of anilines is 1. The first-order chi connectivity index (χ1) is 11.0. The number of carbonyl (C=O) groups is 1. The van der Waals surface area contributed by atoms with Crippen molar-refractivity contribution in [3.63, 3.8) is 0 Å². The van der Waals surface area contributed by atoms with Gasteiger partial charge in [-0.25, -0.2) is 4.79 Å². The fourth-order valence-electron chi connectivity index (χ4n) is 2.36. The Hall–Kier alpha value is -2.53. The number of amides is 1. The number of benzene rings is 2. The lowest BCUT2D eigenvalue weighted by Gasteiger charge is -2.07. The summed E-state index contributed by atoms with van der Waals surface area (Å²) in [5, 5.41) is 3.30. The Morgan fingerprint density at radius 3 is 2.83 bits per heavy atom. The summed E-state index contributed by atoms with van der Waals surface area (Å²) < 4.78 is 6.53. The number of para-hydroxylation sites is 1. The Morgan fingerprint density at radius 1 is 1.26 bits per heavy atom. The lowest BCUT2D eigenvalue weighted by molar-refractivity contribution is -0.116. The number of rotatable bonds is 4. The zero-order valence-electron chi connectivity index (χ0n) is 12.5. The number of nitrogens with zero attached hydrogens (tertiary/aromatic N) is 1. The highest BCUT2D eigenvalue weighted by atomic mass is 35.5. The number of halogens is 1. The van der Waals surface area contributed by atoms with Crippen LogP contribution in [0, 0.1) is 0 Å². The van der Waals surface area contributed by atoms with Gasteiger partial charge in [0.1, 0.15) is 0 Å². The molecule has 0 fully saturated rings. The van der Waals surface area contributed by atoms with Crippen LogP contribution in [0.5, 0.6) is 0 Å². The third kappa shape index (κ3) is 3.29. The smallest absolute Gasteiger partial charge is 0.408 e. The molecule has 0 unspecified atom stereocenters. The number of hydrogen-bond acceptors (Lipinski definition) is 3. The maximum atomic E-state index is 12.0. The Morgan fingerprint density at radius 2 is 2.04 bits per heavy atom. The van der Waals surface area contributed by atoms with Crippen molar-refractivity contribution in [2.45, 2.75) is 12.8 Å². The van der Waals surface area contributed by atoms with E-state index in [9.17, 15) is 9.59 Å². The molecule has 2 aromatic carbocycles. The second-order valence-corrected chi connectivity index (χ2v) is 5.66. The number of hydrogen-bond donors (Lipinski definition) is 1. The lowest BCUT2D eigenvalue weighted by atomic mass is 10.1. The molecule has 0 spiro atoms. The molecule has 118 valence electrons. The predicted octanol–water partition coefficient (Wildman–Crippen LogP) is 3.36. The van der Waals surface area contributed by atoms with Crippen LogP contribution >= 0.6 is 11.6 Å². The van der Waals surface area contributed by atoms with Gasteiger partial charge >= 0.3 is 5.76 Å².